The Bertz CT molecular complexity index is 852. The topological polar surface area (TPSA) is 85.8 Å². The fraction of sp³-hybridized carbons (Fsp3) is 0.542. The van der Waals surface area contributed by atoms with Crippen LogP contribution in [0.15, 0.2) is 30.6 Å². The van der Waals surface area contributed by atoms with Gasteiger partial charge in [0, 0.05) is 18.7 Å². The van der Waals surface area contributed by atoms with Gasteiger partial charge in [0.2, 0.25) is 0 Å². The van der Waals surface area contributed by atoms with E-state index in [1.54, 1.807) is 6.20 Å². The highest BCUT2D eigenvalue weighted by molar-refractivity contribution is 5.86. The van der Waals surface area contributed by atoms with Gasteiger partial charge in [0.25, 0.3) is 0 Å². The van der Waals surface area contributed by atoms with E-state index in [9.17, 15) is 4.79 Å². The summed E-state index contributed by atoms with van der Waals surface area (Å²) in [4.78, 5) is 22.8. The normalized spacial score (nSPS) is 14.5. The molecule has 0 unspecified atom stereocenters. The monoisotopic (exact) mass is 442 g/mol. The van der Waals surface area contributed by atoms with Crippen LogP contribution in [0.3, 0.4) is 0 Å². The van der Waals surface area contributed by atoms with Gasteiger partial charge in [0.1, 0.15) is 17.3 Å². The molecule has 1 aromatic heterocycles. The van der Waals surface area contributed by atoms with Crippen molar-refractivity contribution < 1.29 is 19.0 Å². The van der Waals surface area contributed by atoms with Crippen molar-refractivity contribution in [2.45, 2.75) is 65.3 Å². The Labute approximate surface area is 190 Å². The molecule has 174 valence electrons. The molecule has 0 radical (unpaired) electrons. The number of piperidine rings is 1. The Morgan fingerprint density at radius 3 is 2.16 bits per heavy atom. The maximum atomic E-state index is 11.8. The van der Waals surface area contributed by atoms with Crippen LogP contribution in [0.25, 0.3) is 0 Å². The van der Waals surface area contributed by atoms with Gasteiger partial charge in [-0.15, -0.1) is 0 Å². The molecule has 0 aliphatic carbocycles. The van der Waals surface area contributed by atoms with Crippen LogP contribution in [-0.4, -0.2) is 54.4 Å². The summed E-state index contributed by atoms with van der Waals surface area (Å²) in [5, 5.41) is 3.41. The molecule has 8 nitrogen and oxygen atoms in total. The molecule has 1 aliphatic rings. The van der Waals surface area contributed by atoms with Crippen LogP contribution < -0.4 is 19.7 Å². The van der Waals surface area contributed by atoms with Gasteiger partial charge in [-0.3, -0.25) is 0 Å². The van der Waals surface area contributed by atoms with Crippen LogP contribution in [0.1, 0.15) is 56.6 Å². The molecule has 2 heterocycles. The predicted molar refractivity (Wildman–Crippen MR) is 123 cm³/mol. The second-order valence-electron chi connectivity index (χ2n) is 8.51. The third-order valence-corrected chi connectivity index (χ3v) is 5.11. The molecule has 3 rings (SSSR count). The lowest BCUT2D eigenvalue weighted by Crippen LogP contribution is -2.43. The van der Waals surface area contributed by atoms with E-state index < -0.39 is 5.97 Å². The van der Waals surface area contributed by atoms with Gasteiger partial charge in [-0.1, -0.05) is 0 Å². The Balaban J connectivity index is 1.92. The molecule has 0 spiro atoms. The number of ether oxygens (including phenoxy) is 3. The zero-order chi connectivity index (χ0) is 23.1. The quantitative estimate of drug-likeness (QED) is 0.590. The van der Waals surface area contributed by atoms with Gasteiger partial charge in [0.05, 0.1) is 31.7 Å². The van der Waals surface area contributed by atoms with E-state index in [2.05, 4.69) is 32.3 Å². The number of benzene rings is 1. The van der Waals surface area contributed by atoms with Crippen molar-refractivity contribution in [3.05, 3.63) is 41.9 Å². The molecule has 0 amide bonds. The number of methoxy groups -OCH3 is 1. The standard InChI is InChI=1S/C24H34N4O4/c1-16(2)31-20-10-18(11-21(12-20)32-17(3)4)15-28(19-6-8-25-9-7-19)23-14-26-22(13-27-23)24(29)30-5/h10-14,16-17,19,25H,6-9,15H2,1-5H3. The van der Waals surface area contributed by atoms with Crippen molar-refractivity contribution >= 4 is 11.8 Å². The van der Waals surface area contributed by atoms with E-state index in [1.165, 1.54) is 13.3 Å². The van der Waals surface area contributed by atoms with E-state index in [0.717, 1.165) is 48.8 Å². The largest absolute Gasteiger partial charge is 0.491 e. The molecule has 1 aromatic carbocycles. The van der Waals surface area contributed by atoms with Gasteiger partial charge < -0.3 is 24.4 Å². The number of esters is 1. The molecule has 0 atom stereocenters. The van der Waals surface area contributed by atoms with Crippen LogP contribution >= 0.6 is 0 Å². The highest BCUT2D eigenvalue weighted by Gasteiger charge is 2.24. The highest BCUT2D eigenvalue weighted by Crippen LogP contribution is 2.28. The van der Waals surface area contributed by atoms with Crippen molar-refractivity contribution in [1.29, 1.82) is 0 Å². The molecule has 32 heavy (non-hydrogen) atoms. The van der Waals surface area contributed by atoms with Crippen molar-refractivity contribution in [3.8, 4) is 11.5 Å². The summed E-state index contributed by atoms with van der Waals surface area (Å²) in [6, 6.07) is 6.34. The molecule has 1 aliphatic heterocycles. The highest BCUT2D eigenvalue weighted by atomic mass is 16.5. The van der Waals surface area contributed by atoms with Crippen LogP contribution in [-0.2, 0) is 11.3 Å². The van der Waals surface area contributed by atoms with Gasteiger partial charge in [-0.05, 0) is 71.3 Å². The number of carbonyl (C=O) groups is 1. The molecular weight excluding hydrogens is 408 g/mol. The molecule has 1 saturated heterocycles. The fourth-order valence-corrected chi connectivity index (χ4v) is 3.79. The van der Waals surface area contributed by atoms with Gasteiger partial charge in [0.15, 0.2) is 5.69 Å². The summed E-state index contributed by atoms with van der Waals surface area (Å²) in [5.74, 6) is 1.80. The number of hydrogen-bond acceptors (Lipinski definition) is 8. The molecule has 1 fully saturated rings. The van der Waals surface area contributed by atoms with E-state index >= 15 is 0 Å². The Kier molecular flexibility index (Phi) is 8.27. The minimum atomic E-state index is -0.494. The first-order chi connectivity index (χ1) is 15.4. The Hall–Kier alpha value is -2.87. The zero-order valence-corrected chi connectivity index (χ0v) is 19.6. The predicted octanol–water partition coefficient (Wildman–Crippen LogP) is 3.60. The number of rotatable bonds is 9. The fourth-order valence-electron chi connectivity index (χ4n) is 3.79. The molecule has 2 aromatic rings. The second-order valence-corrected chi connectivity index (χ2v) is 8.51. The summed E-state index contributed by atoms with van der Waals surface area (Å²) in [6.07, 6.45) is 5.24. The first kappa shape index (κ1) is 23.8. The number of hydrogen-bond donors (Lipinski definition) is 1. The van der Waals surface area contributed by atoms with Crippen molar-refractivity contribution in [1.82, 2.24) is 15.3 Å². The average Bonchev–Trinajstić information content (AvgIpc) is 2.76. The van der Waals surface area contributed by atoms with E-state index in [-0.39, 0.29) is 17.9 Å². The molecular formula is C24H34N4O4. The van der Waals surface area contributed by atoms with E-state index in [4.69, 9.17) is 14.2 Å². The second kappa shape index (κ2) is 11.1. The summed E-state index contributed by atoms with van der Waals surface area (Å²) in [7, 11) is 1.34. The smallest absolute Gasteiger partial charge is 0.358 e. The third kappa shape index (κ3) is 6.56. The van der Waals surface area contributed by atoms with Gasteiger partial charge in [-0.2, -0.15) is 0 Å². The van der Waals surface area contributed by atoms with Crippen LogP contribution in [0.5, 0.6) is 11.5 Å². The summed E-state index contributed by atoms with van der Waals surface area (Å²) < 4.78 is 16.7. The summed E-state index contributed by atoms with van der Waals surface area (Å²) >= 11 is 0. The summed E-state index contributed by atoms with van der Waals surface area (Å²) in [5.41, 5.74) is 1.26. The lowest BCUT2D eigenvalue weighted by molar-refractivity contribution is 0.0593. The summed E-state index contributed by atoms with van der Waals surface area (Å²) in [6.45, 7) is 10.6. The first-order valence-corrected chi connectivity index (χ1v) is 11.2. The van der Waals surface area contributed by atoms with Gasteiger partial charge >= 0.3 is 5.97 Å². The third-order valence-electron chi connectivity index (χ3n) is 5.11. The number of nitrogens with zero attached hydrogens (tertiary/aromatic N) is 3. The number of nitrogens with one attached hydrogen (secondary N) is 1. The lowest BCUT2D eigenvalue weighted by Gasteiger charge is -2.35. The van der Waals surface area contributed by atoms with Crippen molar-refractivity contribution in [2.75, 3.05) is 25.1 Å². The SMILES string of the molecule is COC(=O)c1cnc(N(Cc2cc(OC(C)C)cc(OC(C)C)c2)C2CCNCC2)cn1. The van der Waals surface area contributed by atoms with Crippen LogP contribution in [0, 0.1) is 0 Å². The molecule has 1 N–H and O–H groups in total. The van der Waals surface area contributed by atoms with E-state index in [1.807, 2.05) is 33.8 Å². The lowest BCUT2D eigenvalue weighted by atomic mass is 10.0. The van der Waals surface area contributed by atoms with Crippen molar-refractivity contribution in [3.63, 3.8) is 0 Å². The first-order valence-electron chi connectivity index (χ1n) is 11.2. The Morgan fingerprint density at radius 1 is 1.03 bits per heavy atom. The number of aromatic nitrogens is 2. The maximum Gasteiger partial charge on any atom is 0.358 e. The number of carbonyl (C=O) groups excluding carboxylic acids is 1. The zero-order valence-electron chi connectivity index (χ0n) is 19.6. The van der Waals surface area contributed by atoms with E-state index in [0.29, 0.717) is 12.6 Å². The average molecular weight is 443 g/mol. The molecule has 8 heteroatoms. The van der Waals surface area contributed by atoms with Crippen LogP contribution in [0.2, 0.25) is 0 Å². The van der Waals surface area contributed by atoms with Crippen LogP contribution in [0.4, 0.5) is 5.82 Å². The minimum Gasteiger partial charge on any atom is -0.491 e. The Morgan fingerprint density at radius 2 is 1.66 bits per heavy atom. The minimum absolute atomic E-state index is 0.0643. The molecule has 0 bridgehead atoms. The van der Waals surface area contributed by atoms with Crippen molar-refractivity contribution in [2.24, 2.45) is 0 Å². The number of anilines is 1. The molecule has 0 saturated carbocycles. The van der Waals surface area contributed by atoms with Gasteiger partial charge in [-0.25, -0.2) is 14.8 Å². The maximum absolute atomic E-state index is 11.8.